The molecule has 0 bridgehead atoms. The molecule has 1 amide bonds. The largest absolute Gasteiger partial charge is 0.322 e. The van der Waals surface area contributed by atoms with Crippen LogP contribution in [-0.2, 0) is 22.9 Å². The van der Waals surface area contributed by atoms with Crippen LogP contribution in [-0.4, -0.2) is 14.3 Å². The fraction of sp³-hybridized carbons (Fsp3) is 0.125. The van der Waals surface area contributed by atoms with Crippen molar-refractivity contribution < 1.29 is 13.2 Å². The van der Waals surface area contributed by atoms with E-state index in [9.17, 15) is 13.2 Å². The number of carbonyl (C=O) groups excluding carboxylic acids is 1. The molecule has 0 atom stereocenters. The zero-order chi connectivity index (χ0) is 21.0. The fourth-order valence-electron chi connectivity index (χ4n) is 3.47. The molecule has 5 nitrogen and oxygen atoms in total. The molecule has 4 rings (SSSR count). The van der Waals surface area contributed by atoms with Crippen molar-refractivity contribution in [3.63, 3.8) is 0 Å². The Morgan fingerprint density at radius 1 is 0.833 bits per heavy atom. The zero-order valence-electron chi connectivity index (χ0n) is 16.3. The molecule has 3 aromatic carbocycles. The van der Waals surface area contributed by atoms with E-state index in [1.54, 1.807) is 24.3 Å². The highest BCUT2D eigenvalue weighted by Crippen LogP contribution is 2.25. The molecule has 1 aliphatic rings. The summed E-state index contributed by atoms with van der Waals surface area (Å²) in [4.78, 5) is 12.5. The summed E-state index contributed by atoms with van der Waals surface area (Å²) in [6.07, 6.45) is 4.83. The molecule has 0 saturated carbocycles. The molecule has 0 unspecified atom stereocenters. The lowest BCUT2D eigenvalue weighted by Gasteiger charge is -2.09. The number of carbonyl (C=O) groups is 1. The van der Waals surface area contributed by atoms with Crippen LogP contribution in [0, 0.1) is 0 Å². The van der Waals surface area contributed by atoms with E-state index in [4.69, 9.17) is 0 Å². The van der Waals surface area contributed by atoms with Gasteiger partial charge < -0.3 is 5.32 Å². The lowest BCUT2D eigenvalue weighted by atomic mass is 10.1. The summed E-state index contributed by atoms with van der Waals surface area (Å²) in [6.45, 7) is 0. The van der Waals surface area contributed by atoms with Gasteiger partial charge in [-0.25, -0.2) is 8.42 Å². The Bertz CT molecular complexity index is 1180. The summed E-state index contributed by atoms with van der Waals surface area (Å²) in [7, 11) is -3.65. The van der Waals surface area contributed by atoms with Gasteiger partial charge in [0.25, 0.3) is 15.9 Å². The molecule has 0 aromatic heterocycles. The van der Waals surface area contributed by atoms with Gasteiger partial charge in [-0.3, -0.25) is 9.52 Å². The highest BCUT2D eigenvalue weighted by molar-refractivity contribution is 7.95. The Morgan fingerprint density at radius 3 is 2.30 bits per heavy atom. The number of fused-ring (bicyclic) bond motifs is 1. The third-order valence-corrected chi connectivity index (χ3v) is 6.02. The maximum atomic E-state index is 12.5. The Morgan fingerprint density at radius 2 is 1.53 bits per heavy atom. The van der Waals surface area contributed by atoms with E-state index >= 15 is 0 Å². The number of hydrogen-bond acceptors (Lipinski definition) is 3. The van der Waals surface area contributed by atoms with Crippen molar-refractivity contribution in [2.45, 2.75) is 19.3 Å². The van der Waals surface area contributed by atoms with Gasteiger partial charge in [-0.2, -0.15) is 0 Å². The highest BCUT2D eigenvalue weighted by Gasteiger charge is 2.13. The molecule has 152 valence electrons. The first-order chi connectivity index (χ1) is 14.5. The van der Waals surface area contributed by atoms with Gasteiger partial charge in [-0.05, 0) is 78.4 Å². The molecular weight excluding hydrogens is 396 g/mol. The quantitative estimate of drug-likeness (QED) is 0.601. The van der Waals surface area contributed by atoms with Gasteiger partial charge in [-0.1, -0.05) is 36.4 Å². The smallest absolute Gasteiger partial charge is 0.255 e. The normalized spacial score (nSPS) is 13.2. The van der Waals surface area contributed by atoms with E-state index in [0.717, 1.165) is 35.9 Å². The summed E-state index contributed by atoms with van der Waals surface area (Å²) in [5.74, 6) is -0.230. The first-order valence-corrected chi connectivity index (χ1v) is 11.3. The van der Waals surface area contributed by atoms with E-state index in [1.165, 1.54) is 17.2 Å². The standard InChI is InChI=1S/C24H22N2O3S/c27-24(25-23-14-9-19-7-4-8-21(19)17-23)20-10-12-22(13-11-20)26-30(28,29)16-15-18-5-2-1-3-6-18/h1-3,5-6,9-17,26H,4,7-8H2,(H,25,27)/b16-15-. The summed E-state index contributed by atoms with van der Waals surface area (Å²) in [6, 6.07) is 21.6. The number of aryl methyl sites for hydroxylation is 2. The van der Waals surface area contributed by atoms with Crippen LogP contribution in [0.1, 0.15) is 33.5 Å². The summed E-state index contributed by atoms with van der Waals surface area (Å²) in [5, 5.41) is 4.03. The van der Waals surface area contributed by atoms with Crippen LogP contribution >= 0.6 is 0 Å². The van der Waals surface area contributed by atoms with Gasteiger partial charge in [0.05, 0.1) is 5.41 Å². The van der Waals surface area contributed by atoms with E-state index in [0.29, 0.717) is 11.3 Å². The second-order valence-corrected chi connectivity index (χ2v) is 8.80. The molecular formula is C24H22N2O3S. The van der Waals surface area contributed by atoms with E-state index < -0.39 is 10.0 Å². The second kappa shape index (κ2) is 8.55. The molecule has 0 saturated heterocycles. The minimum Gasteiger partial charge on any atom is -0.322 e. The molecule has 0 fully saturated rings. The average molecular weight is 419 g/mol. The van der Waals surface area contributed by atoms with Crippen LogP contribution in [0.4, 0.5) is 11.4 Å². The number of anilines is 2. The molecule has 0 spiro atoms. The molecule has 0 radical (unpaired) electrons. The van der Waals surface area contributed by atoms with Gasteiger partial charge in [-0.15, -0.1) is 0 Å². The summed E-state index contributed by atoms with van der Waals surface area (Å²) in [5.41, 5.74) is 5.06. The van der Waals surface area contributed by atoms with Crippen molar-refractivity contribution in [2.75, 3.05) is 10.0 Å². The van der Waals surface area contributed by atoms with Crippen molar-refractivity contribution in [2.24, 2.45) is 0 Å². The average Bonchev–Trinajstić information content (AvgIpc) is 3.21. The van der Waals surface area contributed by atoms with E-state index in [2.05, 4.69) is 16.1 Å². The molecule has 0 heterocycles. The van der Waals surface area contributed by atoms with Gasteiger partial charge in [0.15, 0.2) is 0 Å². The maximum absolute atomic E-state index is 12.5. The van der Waals surface area contributed by atoms with Crippen LogP contribution < -0.4 is 10.0 Å². The SMILES string of the molecule is O=C(Nc1ccc2c(c1)CCC2)c1ccc(NS(=O)(=O)/C=C\c2ccccc2)cc1. The van der Waals surface area contributed by atoms with Crippen molar-refractivity contribution in [1.29, 1.82) is 0 Å². The van der Waals surface area contributed by atoms with Gasteiger partial charge in [0.2, 0.25) is 0 Å². The molecule has 3 aromatic rings. The highest BCUT2D eigenvalue weighted by atomic mass is 32.2. The number of sulfonamides is 1. The number of benzene rings is 3. The van der Waals surface area contributed by atoms with Crippen LogP contribution in [0.5, 0.6) is 0 Å². The van der Waals surface area contributed by atoms with Gasteiger partial charge in [0.1, 0.15) is 0 Å². The van der Waals surface area contributed by atoms with E-state index in [1.807, 2.05) is 42.5 Å². The third-order valence-electron chi connectivity index (χ3n) is 5.00. The lowest BCUT2D eigenvalue weighted by molar-refractivity contribution is 0.102. The van der Waals surface area contributed by atoms with Crippen molar-refractivity contribution in [1.82, 2.24) is 0 Å². The van der Waals surface area contributed by atoms with Gasteiger partial charge in [0, 0.05) is 16.9 Å². The molecule has 2 N–H and O–H groups in total. The lowest BCUT2D eigenvalue weighted by Crippen LogP contribution is -2.13. The summed E-state index contributed by atoms with van der Waals surface area (Å²) < 4.78 is 27.0. The first kappa shape index (κ1) is 19.9. The number of nitrogens with one attached hydrogen (secondary N) is 2. The predicted octanol–water partition coefficient (Wildman–Crippen LogP) is 4.84. The minimum absolute atomic E-state index is 0.230. The monoisotopic (exact) mass is 418 g/mol. The van der Waals surface area contributed by atoms with E-state index in [-0.39, 0.29) is 5.91 Å². The number of amides is 1. The first-order valence-electron chi connectivity index (χ1n) is 9.78. The Balaban J connectivity index is 1.39. The van der Waals surface area contributed by atoms with Crippen LogP contribution in [0.3, 0.4) is 0 Å². The summed E-state index contributed by atoms with van der Waals surface area (Å²) >= 11 is 0. The number of hydrogen-bond donors (Lipinski definition) is 2. The second-order valence-electron chi connectivity index (χ2n) is 7.23. The van der Waals surface area contributed by atoms with Gasteiger partial charge >= 0.3 is 0 Å². The molecule has 6 heteroatoms. The number of rotatable bonds is 6. The van der Waals surface area contributed by atoms with Crippen LogP contribution in [0.25, 0.3) is 6.08 Å². The van der Waals surface area contributed by atoms with Crippen molar-refractivity contribution in [3.8, 4) is 0 Å². The Labute approximate surface area is 176 Å². The van der Waals surface area contributed by atoms with Crippen LogP contribution in [0.2, 0.25) is 0 Å². The zero-order valence-corrected chi connectivity index (χ0v) is 17.2. The topological polar surface area (TPSA) is 75.3 Å². The predicted molar refractivity (Wildman–Crippen MR) is 121 cm³/mol. The third kappa shape index (κ3) is 4.96. The molecule has 1 aliphatic carbocycles. The van der Waals surface area contributed by atoms with Crippen LogP contribution in [0.15, 0.2) is 78.2 Å². The maximum Gasteiger partial charge on any atom is 0.255 e. The molecule has 0 aliphatic heterocycles. The van der Waals surface area contributed by atoms with Crippen molar-refractivity contribution >= 4 is 33.4 Å². The fourth-order valence-corrected chi connectivity index (χ4v) is 4.34. The Hall–Kier alpha value is -3.38. The van der Waals surface area contributed by atoms with Crippen molar-refractivity contribution in [3.05, 3.63) is 100 Å². The molecule has 30 heavy (non-hydrogen) atoms. The minimum atomic E-state index is -3.65. The Kier molecular flexibility index (Phi) is 5.68.